The summed E-state index contributed by atoms with van der Waals surface area (Å²) in [7, 11) is -3.43. The van der Waals surface area contributed by atoms with Crippen molar-refractivity contribution < 1.29 is 13.2 Å². The van der Waals surface area contributed by atoms with Crippen LogP contribution in [0.5, 0.6) is 5.75 Å². The first kappa shape index (κ1) is 15.5. The summed E-state index contributed by atoms with van der Waals surface area (Å²) in [6.45, 7) is 2.81. The number of imidazole rings is 1. The molecule has 3 rings (SSSR count). The normalized spacial score (nSPS) is 11.7. The Morgan fingerprint density at radius 1 is 1.17 bits per heavy atom. The summed E-state index contributed by atoms with van der Waals surface area (Å²) in [6.07, 6.45) is 2.80. The van der Waals surface area contributed by atoms with Crippen LogP contribution in [0.1, 0.15) is 12.6 Å². The zero-order chi connectivity index (χ0) is 16.4. The zero-order valence-corrected chi connectivity index (χ0v) is 13.7. The fraction of sp³-hybridized carbons (Fsp3) is 0.250. The van der Waals surface area contributed by atoms with Gasteiger partial charge in [0.1, 0.15) is 5.75 Å². The fourth-order valence-electron chi connectivity index (χ4n) is 2.41. The maximum atomic E-state index is 12.0. The van der Waals surface area contributed by atoms with Crippen molar-refractivity contribution in [3.63, 3.8) is 0 Å². The van der Waals surface area contributed by atoms with Crippen molar-refractivity contribution in [1.29, 1.82) is 0 Å². The maximum Gasteiger partial charge on any atom is 0.228 e. The van der Waals surface area contributed by atoms with E-state index >= 15 is 0 Å². The van der Waals surface area contributed by atoms with Gasteiger partial charge in [-0.15, -0.1) is 0 Å². The van der Waals surface area contributed by atoms with Crippen molar-refractivity contribution in [2.24, 2.45) is 0 Å². The van der Waals surface area contributed by atoms with Gasteiger partial charge >= 0.3 is 0 Å². The average Bonchev–Trinajstić information content (AvgIpc) is 2.89. The average molecular weight is 331 g/mol. The summed E-state index contributed by atoms with van der Waals surface area (Å²) in [5.41, 5.74) is 2.16. The van der Waals surface area contributed by atoms with Crippen molar-refractivity contribution in [2.75, 3.05) is 12.9 Å². The van der Waals surface area contributed by atoms with Crippen LogP contribution in [0, 0.1) is 0 Å². The van der Waals surface area contributed by atoms with Crippen LogP contribution in [0.4, 0.5) is 0 Å². The topological polar surface area (TPSA) is 74.1 Å². The Kier molecular flexibility index (Phi) is 4.04. The van der Waals surface area contributed by atoms with E-state index < -0.39 is 9.84 Å². The number of sulfone groups is 1. The Morgan fingerprint density at radius 2 is 1.96 bits per heavy atom. The van der Waals surface area contributed by atoms with Crippen LogP contribution in [-0.4, -0.2) is 35.8 Å². The first-order valence-electron chi connectivity index (χ1n) is 7.22. The fourth-order valence-corrected chi connectivity index (χ4v) is 3.24. The number of nitrogens with zero attached hydrogens (tertiary/aromatic N) is 3. The molecule has 0 spiro atoms. The Morgan fingerprint density at radius 3 is 2.61 bits per heavy atom. The van der Waals surface area contributed by atoms with Gasteiger partial charge in [-0.25, -0.2) is 13.4 Å². The molecule has 0 unspecified atom stereocenters. The third-order valence-electron chi connectivity index (χ3n) is 3.38. The van der Waals surface area contributed by atoms with E-state index in [0.29, 0.717) is 24.4 Å². The van der Waals surface area contributed by atoms with Gasteiger partial charge in [0.25, 0.3) is 0 Å². The van der Waals surface area contributed by atoms with E-state index in [1.165, 1.54) is 0 Å². The molecule has 0 amide bonds. The molecule has 3 aromatic rings. The number of hydrogen-bond acceptors (Lipinski definition) is 5. The molecule has 0 saturated heterocycles. The minimum Gasteiger partial charge on any atom is -0.492 e. The van der Waals surface area contributed by atoms with E-state index in [2.05, 4.69) is 9.97 Å². The molecule has 120 valence electrons. The molecule has 0 atom stereocenters. The van der Waals surface area contributed by atoms with Crippen molar-refractivity contribution in [2.45, 2.75) is 18.6 Å². The van der Waals surface area contributed by atoms with Crippen molar-refractivity contribution in [1.82, 2.24) is 14.5 Å². The molecule has 0 saturated carbocycles. The van der Waals surface area contributed by atoms with Crippen LogP contribution in [0.2, 0.25) is 0 Å². The standard InChI is InChI=1S/C16H17N3O3S/c1-3-22-13-9-8-12(17-10-13)11-19-15-7-5-4-6-14(15)18-16(19)23(2,20)21/h4-10H,3,11H2,1-2H3. The SMILES string of the molecule is CCOc1ccc(Cn2c(S(C)(=O)=O)nc3ccccc32)nc1. The van der Waals surface area contributed by atoms with Crippen molar-refractivity contribution in [3.05, 3.63) is 48.3 Å². The van der Waals surface area contributed by atoms with Gasteiger partial charge < -0.3 is 9.30 Å². The molecule has 6 nitrogen and oxygen atoms in total. The maximum absolute atomic E-state index is 12.0. The van der Waals surface area contributed by atoms with Crippen LogP contribution in [0.15, 0.2) is 47.8 Å². The van der Waals surface area contributed by atoms with E-state index in [0.717, 1.165) is 17.5 Å². The second-order valence-electron chi connectivity index (χ2n) is 5.16. The molecule has 2 heterocycles. The molecule has 1 aromatic carbocycles. The molecule has 0 bridgehead atoms. The highest BCUT2D eigenvalue weighted by Crippen LogP contribution is 2.21. The highest BCUT2D eigenvalue weighted by Gasteiger charge is 2.19. The van der Waals surface area contributed by atoms with Crippen LogP contribution < -0.4 is 4.74 Å². The van der Waals surface area contributed by atoms with Gasteiger partial charge in [0.15, 0.2) is 0 Å². The van der Waals surface area contributed by atoms with Crippen molar-refractivity contribution in [3.8, 4) is 5.75 Å². The summed E-state index contributed by atoms with van der Waals surface area (Å²) in [6, 6.07) is 11.0. The Labute approximate surface area is 134 Å². The van der Waals surface area contributed by atoms with Crippen LogP contribution in [0.3, 0.4) is 0 Å². The predicted molar refractivity (Wildman–Crippen MR) is 87.4 cm³/mol. The number of aromatic nitrogens is 3. The second kappa shape index (κ2) is 6.00. The number of para-hydroxylation sites is 2. The lowest BCUT2D eigenvalue weighted by atomic mass is 10.3. The molecule has 0 aliphatic carbocycles. The summed E-state index contributed by atoms with van der Waals surface area (Å²) >= 11 is 0. The molecular weight excluding hydrogens is 314 g/mol. The third-order valence-corrected chi connectivity index (χ3v) is 4.35. The van der Waals surface area contributed by atoms with Crippen LogP contribution in [-0.2, 0) is 16.4 Å². The Bertz CT molecular complexity index is 931. The van der Waals surface area contributed by atoms with Crippen LogP contribution in [0.25, 0.3) is 11.0 Å². The minimum atomic E-state index is -3.43. The summed E-state index contributed by atoms with van der Waals surface area (Å²) < 4.78 is 31.1. The van der Waals surface area contributed by atoms with Gasteiger partial charge in [-0.3, -0.25) is 4.98 Å². The third kappa shape index (κ3) is 3.19. The van der Waals surface area contributed by atoms with E-state index in [4.69, 9.17) is 4.74 Å². The highest BCUT2D eigenvalue weighted by molar-refractivity contribution is 7.90. The molecule has 7 heteroatoms. The Hall–Kier alpha value is -2.41. The molecule has 23 heavy (non-hydrogen) atoms. The first-order chi connectivity index (χ1) is 11.0. The van der Waals surface area contributed by atoms with Gasteiger partial charge in [-0.2, -0.15) is 0 Å². The largest absolute Gasteiger partial charge is 0.492 e. The molecule has 2 aromatic heterocycles. The number of pyridine rings is 1. The number of hydrogen-bond donors (Lipinski definition) is 0. The summed E-state index contributed by atoms with van der Waals surface area (Å²) in [4.78, 5) is 8.58. The summed E-state index contributed by atoms with van der Waals surface area (Å²) in [5, 5.41) is 0.0504. The van der Waals surface area contributed by atoms with E-state index in [1.54, 1.807) is 16.8 Å². The molecule has 0 radical (unpaired) electrons. The van der Waals surface area contributed by atoms with Gasteiger partial charge in [0.2, 0.25) is 15.0 Å². The molecule has 0 aliphatic heterocycles. The van der Waals surface area contributed by atoms with Gasteiger partial charge in [-0.1, -0.05) is 12.1 Å². The lowest BCUT2D eigenvalue weighted by molar-refractivity contribution is 0.338. The number of benzene rings is 1. The Balaban J connectivity index is 2.04. The van der Waals surface area contributed by atoms with E-state index in [-0.39, 0.29) is 5.16 Å². The number of fused-ring (bicyclic) bond motifs is 1. The first-order valence-corrected chi connectivity index (χ1v) is 9.11. The lowest BCUT2D eigenvalue weighted by Gasteiger charge is -2.08. The molecular formula is C16H17N3O3S. The monoisotopic (exact) mass is 331 g/mol. The van der Waals surface area contributed by atoms with Gasteiger partial charge in [0.05, 0.1) is 36.1 Å². The van der Waals surface area contributed by atoms with Gasteiger partial charge in [0, 0.05) is 6.26 Å². The smallest absolute Gasteiger partial charge is 0.228 e. The van der Waals surface area contributed by atoms with Gasteiger partial charge in [-0.05, 0) is 31.2 Å². The quantitative estimate of drug-likeness (QED) is 0.717. The molecule has 0 N–H and O–H groups in total. The van der Waals surface area contributed by atoms with E-state index in [1.807, 2.05) is 37.3 Å². The van der Waals surface area contributed by atoms with E-state index in [9.17, 15) is 8.42 Å². The summed E-state index contributed by atoms with van der Waals surface area (Å²) in [5.74, 6) is 0.690. The second-order valence-corrected chi connectivity index (χ2v) is 7.07. The van der Waals surface area contributed by atoms with Crippen molar-refractivity contribution >= 4 is 20.9 Å². The minimum absolute atomic E-state index is 0.0504. The number of rotatable bonds is 5. The highest BCUT2D eigenvalue weighted by atomic mass is 32.2. The predicted octanol–water partition coefficient (Wildman–Crippen LogP) is 2.28. The van der Waals surface area contributed by atoms with Crippen LogP contribution >= 0.6 is 0 Å². The lowest BCUT2D eigenvalue weighted by Crippen LogP contribution is -2.11. The zero-order valence-electron chi connectivity index (χ0n) is 12.9. The number of ether oxygens (including phenoxy) is 1. The molecule has 0 fully saturated rings. The molecule has 0 aliphatic rings.